The second-order valence-corrected chi connectivity index (χ2v) is 5.78. The van der Waals surface area contributed by atoms with Crippen LogP contribution in [-0.4, -0.2) is 11.5 Å². The van der Waals surface area contributed by atoms with E-state index in [-0.39, 0.29) is 0 Å². The Kier molecular flexibility index (Phi) is 4.55. The summed E-state index contributed by atoms with van der Waals surface area (Å²) in [6.07, 6.45) is 4.46. The largest absolute Gasteiger partial charge is 0.312 e. The van der Waals surface area contributed by atoms with Crippen LogP contribution < -0.4 is 5.32 Å². The summed E-state index contributed by atoms with van der Waals surface area (Å²) in [7, 11) is 0. The summed E-state index contributed by atoms with van der Waals surface area (Å²) in [6.45, 7) is 8.94. The van der Waals surface area contributed by atoms with Crippen LogP contribution in [0.15, 0.2) is 11.7 Å². The van der Waals surface area contributed by atoms with E-state index in [1.807, 2.05) is 11.7 Å². The van der Waals surface area contributed by atoms with Gasteiger partial charge >= 0.3 is 0 Å². The van der Waals surface area contributed by atoms with E-state index in [0.717, 1.165) is 13.1 Å². The van der Waals surface area contributed by atoms with Crippen molar-refractivity contribution in [1.82, 2.24) is 10.3 Å². The maximum Gasteiger partial charge on any atom is 0.0794 e. The highest BCUT2D eigenvalue weighted by Crippen LogP contribution is 2.19. The fourth-order valence-corrected chi connectivity index (χ4v) is 1.85. The molecule has 0 aliphatic carbocycles. The lowest BCUT2D eigenvalue weighted by atomic mass is 9.91. The summed E-state index contributed by atoms with van der Waals surface area (Å²) in [4.78, 5) is 5.36. The Balaban J connectivity index is 2.00. The molecule has 1 N–H and O–H groups in total. The van der Waals surface area contributed by atoms with E-state index in [9.17, 15) is 0 Å². The molecule has 0 unspecified atom stereocenters. The van der Waals surface area contributed by atoms with Crippen molar-refractivity contribution in [2.45, 2.75) is 40.2 Å². The minimum Gasteiger partial charge on any atom is -0.312 e. The van der Waals surface area contributed by atoms with Gasteiger partial charge in [-0.15, -0.1) is 11.3 Å². The van der Waals surface area contributed by atoms with Gasteiger partial charge in [-0.05, 0) is 24.8 Å². The first-order valence-corrected chi connectivity index (χ1v) is 6.04. The molecule has 0 bridgehead atoms. The van der Waals surface area contributed by atoms with Gasteiger partial charge in [-0.25, -0.2) is 0 Å². The van der Waals surface area contributed by atoms with Crippen LogP contribution >= 0.6 is 11.3 Å². The molecule has 0 aliphatic rings. The lowest BCUT2D eigenvalue weighted by molar-refractivity contribution is 0.361. The number of nitrogens with one attached hydrogen (secondary N) is 1. The monoisotopic (exact) mass is 212 g/mol. The maximum atomic E-state index is 4.04. The fourth-order valence-electron chi connectivity index (χ4n) is 1.28. The third-order valence-electron chi connectivity index (χ3n) is 2.06. The summed E-state index contributed by atoms with van der Waals surface area (Å²) >= 11 is 1.71. The van der Waals surface area contributed by atoms with Crippen molar-refractivity contribution < 1.29 is 0 Å². The standard InChI is InChI=1S/C11H20N2S/c1-11(2,3)5-4-6-12-7-10-8-13-9-14-10/h8-9,12H,4-7H2,1-3H3. The van der Waals surface area contributed by atoms with Gasteiger partial charge in [0.15, 0.2) is 0 Å². The molecular formula is C11H20N2S. The molecule has 0 spiro atoms. The first-order valence-electron chi connectivity index (χ1n) is 5.16. The Morgan fingerprint density at radius 2 is 2.21 bits per heavy atom. The normalized spacial score (nSPS) is 11.9. The summed E-state index contributed by atoms with van der Waals surface area (Å²) < 4.78 is 0. The lowest BCUT2D eigenvalue weighted by Gasteiger charge is -2.17. The molecule has 0 radical (unpaired) electrons. The number of hydrogen-bond donors (Lipinski definition) is 1. The smallest absolute Gasteiger partial charge is 0.0794 e. The Bertz CT molecular complexity index is 236. The summed E-state index contributed by atoms with van der Waals surface area (Å²) in [5.41, 5.74) is 2.35. The molecule has 0 amide bonds. The molecule has 0 saturated carbocycles. The van der Waals surface area contributed by atoms with Crippen LogP contribution in [0.25, 0.3) is 0 Å². The zero-order valence-corrected chi connectivity index (χ0v) is 10.2. The summed E-state index contributed by atoms with van der Waals surface area (Å²) in [6, 6.07) is 0. The van der Waals surface area contributed by atoms with Gasteiger partial charge in [0.25, 0.3) is 0 Å². The number of nitrogens with zero attached hydrogens (tertiary/aromatic N) is 1. The Morgan fingerprint density at radius 3 is 2.79 bits per heavy atom. The van der Waals surface area contributed by atoms with Gasteiger partial charge in [0.1, 0.15) is 0 Å². The van der Waals surface area contributed by atoms with Crippen LogP contribution in [0.1, 0.15) is 38.5 Å². The van der Waals surface area contributed by atoms with Crippen molar-refractivity contribution in [1.29, 1.82) is 0 Å². The lowest BCUT2D eigenvalue weighted by Crippen LogP contribution is -2.16. The van der Waals surface area contributed by atoms with Gasteiger partial charge in [-0.3, -0.25) is 4.98 Å². The molecule has 3 heteroatoms. The van der Waals surface area contributed by atoms with Crippen LogP contribution in [0.5, 0.6) is 0 Å². The number of hydrogen-bond acceptors (Lipinski definition) is 3. The highest BCUT2D eigenvalue weighted by molar-refractivity contribution is 7.09. The van der Waals surface area contributed by atoms with Crippen LogP contribution in [0, 0.1) is 5.41 Å². The van der Waals surface area contributed by atoms with Crippen molar-refractivity contribution in [2.24, 2.45) is 5.41 Å². The minimum absolute atomic E-state index is 0.464. The molecule has 1 aromatic heterocycles. The second-order valence-electron chi connectivity index (χ2n) is 4.81. The summed E-state index contributed by atoms with van der Waals surface area (Å²) in [5, 5.41) is 3.43. The van der Waals surface area contributed by atoms with Crippen molar-refractivity contribution in [3.05, 3.63) is 16.6 Å². The highest BCUT2D eigenvalue weighted by Gasteiger charge is 2.08. The number of rotatable bonds is 5. The molecule has 0 aliphatic heterocycles. The number of thiazole rings is 1. The topological polar surface area (TPSA) is 24.9 Å². The third-order valence-corrected chi connectivity index (χ3v) is 2.84. The average Bonchev–Trinajstić information content (AvgIpc) is 2.54. The minimum atomic E-state index is 0.464. The van der Waals surface area contributed by atoms with Crippen molar-refractivity contribution in [2.75, 3.05) is 6.54 Å². The highest BCUT2D eigenvalue weighted by atomic mass is 32.1. The molecule has 1 rings (SSSR count). The van der Waals surface area contributed by atoms with Crippen molar-refractivity contribution >= 4 is 11.3 Å². The molecule has 0 atom stereocenters. The Hall–Kier alpha value is -0.410. The van der Waals surface area contributed by atoms with Gasteiger partial charge in [-0.1, -0.05) is 20.8 Å². The Labute approximate surface area is 90.8 Å². The number of aromatic nitrogens is 1. The van der Waals surface area contributed by atoms with E-state index < -0.39 is 0 Å². The third kappa shape index (κ3) is 5.35. The molecule has 0 fully saturated rings. The average molecular weight is 212 g/mol. The van der Waals surface area contributed by atoms with E-state index in [1.54, 1.807) is 11.3 Å². The van der Waals surface area contributed by atoms with E-state index in [0.29, 0.717) is 5.41 Å². The van der Waals surface area contributed by atoms with Crippen LogP contribution in [0.3, 0.4) is 0 Å². The van der Waals surface area contributed by atoms with Crippen LogP contribution in [-0.2, 0) is 6.54 Å². The Morgan fingerprint density at radius 1 is 1.43 bits per heavy atom. The molecule has 80 valence electrons. The predicted octanol–water partition coefficient (Wildman–Crippen LogP) is 3.06. The zero-order chi connectivity index (χ0) is 10.4. The second kappa shape index (κ2) is 5.47. The summed E-state index contributed by atoms with van der Waals surface area (Å²) in [5.74, 6) is 0. The van der Waals surface area contributed by atoms with Crippen LogP contribution in [0.4, 0.5) is 0 Å². The van der Waals surface area contributed by atoms with E-state index in [4.69, 9.17) is 0 Å². The molecule has 1 heterocycles. The van der Waals surface area contributed by atoms with Gasteiger partial charge < -0.3 is 5.32 Å². The maximum absolute atomic E-state index is 4.04. The molecule has 2 nitrogen and oxygen atoms in total. The quantitative estimate of drug-likeness (QED) is 0.759. The van der Waals surface area contributed by atoms with Gasteiger partial charge in [-0.2, -0.15) is 0 Å². The SMILES string of the molecule is CC(C)(C)CCCNCc1cncs1. The van der Waals surface area contributed by atoms with E-state index >= 15 is 0 Å². The molecular weight excluding hydrogens is 192 g/mol. The van der Waals surface area contributed by atoms with Crippen molar-refractivity contribution in [3.8, 4) is 0 Å². The van der Waals surface area contributed by atoms with Crippen molar-refractivity contribution in [3.63, 3.8) is 0 Å². The molecule has 1 aromatic rings. The van der Waals surface area contributed by atoms with E-state index in [1.165, 1.54) is 17.7 Å². The van der Waals surface area contributed by atoms with Gasteiger partial charge in [0.05, 0.1) is 5.51 Å². The molecule has 14 heavy (non-hydrogen) atoms. The van der Waals surface area contributed by atoms with Crippen LogP contribution in [0.2, 0.25) is 0 Å². The first-order chi connectivity index (χ1) is 6.58. The zero-order valence-electron chi connectivity index (χ0n) is 9.34. The van der Waals surface area contributed by atoms with E-state index in [2.05, 4.69) is 31.1 Å². The fraction of sp³-hybridized carbons (Fsp3) is 0.727. The van der Waals surface area contributed by atoms with Gasteiger partial charge in [0, 0.05) is 17.6 Å². The molecule has 0 saturated heterocycles. The predicted molar refractivity (Wildman–Crippen MR) is 62.5 cm³/mol. The first kappa shape index (κ1) is 11.7. The van der Waals surface area contributed by atoms with Gasteiger partial charge in [0.2, 0.25) is 0 Å². The molecule has 0 aromatic carbocycles.